The average molecular weight is 700 g/mol. The van der Waals surface area contributed by atoms with Crippen molar-refractivity contribution in [2.75, 3.05) is 4.90 Å². The van der Waals surface area contributed by atoms with Crippen LogP contribution in [-0.4, -0.2) is 4.57 Å². The van der Waals surface area contributed by atoms with Gasteiger partial charge in [-0.2, -0.15) is 0 Å². The molecule has 2 heterocycles. The average Bonchev–Trinajstić information content (AvgIpc) is 3.89. The number of para-hydroxylation sites is 2. The minimum absolute atomic E-state index is 0.192. The van der Waals surface area contributed by atoms with Crippen molar-refractivity contribution in [1.29, 1.82) is 0 Å². The Morgan fingerprint density at radius 2 is 1.09 bits per heavy atom. The fraction of sp³-hybridized carbons (Fsp3) is 0. The minimum atomic E-state index is -0.396. The molecule has 0 atom stereocenters. The topological polar surface area (TPSA) is 8.17 Å². The maximum atomic E-state index is 8.46. The van der Waals surface area contributed by atoms with Crippen LogP contribution in [0.2, 0.25) is 0 Å². The van der Waals surface area contributed by atoms with Gasteiger partial charge >= 0.3 is 0 Å². The summed E-state index contributed by atoms with van der Waals surface area (Å²) in [4.78, 5) is 3.31. The highest BCUT2D eigenvalue weighted by molar-refractivity contribution is 7.19. The molecular formula is C50H34N2S. The van der Waals surface area contributed by atoms with E-state index in [0.29, 0.717) is 5.56 Å². The number of benzene rings is 8. The van der Waals surface area contributed by atoms with Crippen LogP contribution in [0.3, 0.4) is 0 Å². The molecule has 3 heteroatoms. The summed E-state index contributed by atoms with van der Waals surface area (Å²) in [7, 11) is 0. The highest BCUT2D eigenvalue weighted by atomic mass is 32.1. The first-order chi connectivity index (χ1) is 28.4. The van der Waals surface area contributed by atoms with E-state index in [1.165, 1.54) is 32.6 Å². The Kier molecular flexibility index (Phi) is 6.48. The van der Waals surface area contributed by atoms with Gasteiger partial charge in [0.2, 0.25) is 0 Å². The van der Waals surface area contributed by atoms with E-state index in [4.69, 9.17) is 6.85 Å². The first kappa shape index (κ1) is 26.1. The van der Waals surface area contributed by atoms with Gasteiger partial charge in [0.15, 0.2) is 0 Å². The summed E-state index contributed by atoms with van der Waals surface area (Å²) in [5.74, 6) is 0. The van der Waals surface area contributed by atoms with Gasteiger partial charge in [-0.05, 0) is 99.3 Å². The Balaban J connectivity index is 0.997. The zero-order valence-corrected chi connectivity index (χ0v) is 29.4. The summed E-state index contributed by atoms with van der Waals surface area (Å²) in [6, 6.07) is 59.7. The van der Waals surface area contributed by atoms with Crippen LogP contribution in [-0.2, 0) is 0 Å². The van der Waals surface area contributed by atoms with Crippen LogP contribution >= 0.6 is 11.3 Å². The third-order valence-corrected chi connectivity index (χ3v) is 11.0. The predicted octanol–water partition coefficient (Wildman–Crippen LogP) is 14.5. The van der Waals surface area contributed by atoms with E-state index in [1.807, 2.05) is 42.5 Å². The summed E-state index contributed by atoms with van der Waals surface area (Å²) in [6.45, 7) is 0. The molecule has 0 bridgehead atoms. The second-order valence-electron chi connectivity index (χ2n) is 13.0. The molecule has 0 spiro atoms. The van der Waals surface area contributed by atoms with Crippen molar-refractivity contribution in [3.63, 3.8) is 0 Å². The van der Waals surface area contributed by atoms with Crippen molar-refractivity contribution in [1.82, 2.24) is 4.57 Å². The zero-order chi connectivity index (χ0) is 39.5. The Bertz CT molecular complexity index is 3130. The monoisotopic (exact) mass is 699 g/mol. The molecule has 0 aliphatic carbocycles. The normalized spacial score (nSPS) is 12.7. The largest absolute Gasteiger partial charge is 0.309 e. The van der Waals surface area contributed by atoms with Crippen LogP contribution in [0.5, 0.6) is 0 Å². The van der Waals surface area contributed by atoms with E-state index < -0.39 is 6.04 Å². The van der Waals surface area contributed by atoms with Gasteiger partial charge in [0.1, 0.15) is 5.00 Å². The molecule has 53 heavy (non-hydrogen) atoms. The number of nitrogens with zero attached hydrogens (tertiary/aromatic N) is 2. The van der Waals surface area contributed by atoms with E-state index >= 15 is 0 Å². The molecule has 250 valence electrons. The summed E-state index contributed by atoms with van der Waals surface area (Å²) < 4.78 is 43.6. The molecule has 0 aliphatic rings. The maximum Gasteiger partial charge on any atom is 0.101 e. The van der Waals surface area contributed by atoms with Crippen molar-refractivity contribution < 1.29 is 6.85 Å². The van der Waals surface area contributed by atoms with Crippen molar-refractivity contribution in [3.8, 4) is 38.4 Å². The number of thiophene rings is 1. The van der Waals surface area contributed by atoms with Crippen molar-refractivity contribution >= 4 is 60.3 Å². The van der Waals surface area contributed by atoms with E-state index in [0.717, 1.165) is 43.6 Å². The molecular weight excluding hydrogens is 661 g/mol. The molecule has 2 nitrogen and oxygen atoms in total. The fourth-order valence-corrected chi connectivity index (χ4v) is 8.46. The maximum absolute atomic E-state index is 8.46. The predicted molar refractivity (Wildman–Crippen MR) is 227 cm³/mol. The Hall–Kier alpha value is -6.68. The second-order valence-corrected chi connectivity index (χ2v) is 14.1. The van der Waals surface area contributed by atoms with Crippen LogP contribution in [0.4, 0.5) is 16.4 Å². The highest BCUT2D eigenvalue weighted by Gasteiger charge is 2.18. The standard InChI is InChI=1S/C50H34N2S/c1-4-12-35(13-5-1)36-24-28-43(29-25-36)51(41-15-6-2-7-16-41)49-33-32-48(53-49)39-22-20-37(21-23-39)40-26-30-45-47(34-40)52(42-17-8-3-9-18-42)46-31-27-38-14-10-11-19-44(38)50(45)46/h1-34H/i1D,4D,5D,12D,13D. The number of rotatable bonds is 7. The lowest BCUT2D eigenvalue weighted by Gasteiger charge is -2.23. The number of anilines is 3. The first-order valence-corrected chi connectivity index (χ1v) is 18.4. The highest BCUT2D eigenvalue weighted by Crippen LogP contribution is 2.43. The zero-order valence-electron chi connectivity index (χ0n) is 33.5. The minimum Gasteiger partial charge on any atom is -0.309 e. The summed E-state index contributed by atoms with van der Waals surface area (Å²) in [5, 5.41) is 6.00. The van der Waals surface area contributed by atoms with Crippen LogP contribution in [0.1, 0.15) is 6.85 Å². The van der Waals surface area contributed by atoms with Crippen molar-refractivity contribution in [2.24, 2.45) is 0 Å². The molecule has 0 radical (unpaired) electrons. The third-order valence-electron chi connectivity index (χ3n) is 9.91. The number of fused-ring (bicyclic) bond motifs is 5. The van der Waals surface area contributed by atoms with Gasteiger partial charge in [0, 0.05) is 32.7 Å². The lowest BCUT2D eigenvalue weighted by Crippen LogP contribution is -2.07. The second kappa shape index (κ2) is 13.1. The quantitative estimate of drug-likeness (QED) is 0.161. The van der Waals surface area contributed by atoms with Crippen molar-refractivity contribution in [2.45, 2.75) is 0 Å². The van der Waals surface area contributed by atoms with E-state index in [2.05, 4.69) is 143 Å². The third kappa shape index (κ3) is 5.59. The molecule has 2 aromatic heterocycles. The number of hydrogen-bond acceptors (Lipinski definition) is 2. The molecule has 8 aromatic carbocycles. The SMILES string of the molecule is [2H]c1c([2H])c([2H])c(-c2ccc(N(c3ccccc3)c3ccc(-c4ccc(-c5ccc6c7c8ccccc8ccc7n(-c7ccccc7)c6c5)cc4)s3)cc2)c([2H])c1[2H]. The molecule has 0 saturated carbocycles. The molecule has 0 aliphatic heterocycles. The number of hydrogen-bond donors (Lipinski definition) is 0. The fourth-order valence-electron chi connectivity index (χ4n) is 7.40. The van der Waals surface area contributed by atoms with Crippen LogP contribution < -0.4 is 4.90 Å². The molecule has 10 aromatic rings. The molecule has 0 saturated heterocycles. The Labute approximate surface area is 320 Å². The molecule has 0 amide bonds. The molecule has 0 unspecified atom stereocenters. The Morgan fingerprint density at radius 1 is 0.453 bits per heavy atom. The molecule has 10 rings (SSSR count). The number of aromatic nitrogens is 1. The van der Waals surface area contributed by atoms with Gasteiger partial charge in [0.05, 0.1) is 17.9 Å². The van der Waals surface area contributed by atoms with Crippen molar-refractivity contribution in [3.05, 3.63) is 206 Å². The summed E-state index contributed by atoms with van der Waals surface area (Å²) >= 11 is 1.69. The molecule has 0 N–H and O–H groups in total. The summed E-state index contributed by atoms with van der Waals surface area (Å²) in [6.07, 6.45) is 0. The van der Waals surface area contributed by atoms with Crippen LogP contribution in [0.15, 0.2) is 206 Å². The van der Waals surface area contributed by atoms with E-state index in [9.17, 15) is 0 Å². The van der Waals surface area contributed by atoms with E-state index in [1.54, 1.807) is 11.3 Å². The van der Waals surface area contributed by atoms with Gasteiger partial charge in [-0.15, -0.1) is 11.3 Å². The molecule has 0 fully saturated rings. The van der Waals surface area contributed by atoms with Gasteiger partial charge in [-0.1, -0.05) is 145 Å². The summed E-state index contributed by atoms with van der Waals surface area (Å²) in [5.41, 5.74) is 9.54. The van der Waals surface area contributed by atoms with Gasteiger partial charge < -0.3 is 9.47 Å². The smallest absolute Gasteiger partial charge is 0.101 e. The van der Waals surface area contributed by atoms with Gasteiger partial charge in [-0.3, -0.25) is 0 Å². The lowest BCUT2D eigenvalue weighted by atomic mass is 10.00. The lowest BCUT2D eigenvalue weighted by molar-refractivity contribution is 1.18. The van der Waals surface area contributed by atoms with Crippen LogP contribution in [0.25, 0.3) is 71.0 Å². The van der Waals surface area contributed by atoms with Crippen LogP contribution in [0, 0.1) is 0 Å². The van der Waals surface area contributed by atoms with Gasteiger partial charge in [0.25, 0.3) is 0 Å². The Morgan fingerprint density at radius 3 is 1.89 bits per heavy atom. The first-order valence-electron chi connectivity index (χ1n) is 20.1. The van der Waals surface area contributed by atoms with E-state index in [-0.39, 0.29) is 29.7 Å². The van der Waals surface area contributed by atoms with Gasteiger partial charge in [-0.25, -0.2) is 0 Å².